The Kier molecular flexibility index (Phi) is 5.77. The van der Waals surface area contributed by atoms with Crippen molar-refractivity contribution in [2.24, 2.45) is 64.1 Å². The maximum absolute atomic E-state index is 2.77. The minimum absolute atomic E-state index is 0.619. The summed E-state index contributed by atoms with van der Waals surface area (Å²) in [4.78, 5) is 0. The minimum Gasteiger partial charge on any atom is -0.0654 e. The predicted molar refractivity (Wildman–Crippen MR) is 122 cm³/mol. The van der Waals surface area contributed by atoms with E-state index in [4.69, 9.17) is 0 Å². The summed E-state index contributed by atoms with van der Waals surface area (Å²) in [7, 11) is 0. The van der Waals surface area contributed by atoms with Gasteiger partial charge in [-0.15, -0.1) is 0 Å². The first-order chi connectivity index (χ1) is 13.2. The standard InChI is InChI=1S/C28H50/c1-8-9-10-19(3)23-11-12-24-26-20(4)16-22-15-18(2)13-14-27(22,6)25(26)17-21(5)28(23,24)7/h18-26H,8-17H2,1-7H3. The average Bonchev–Trinajstić information content (AvgIpc) is 3.01. The molecule has 11 atom stereocenters. The van der Waals surface area contributed by atoms with E-state index in [2.05, 4.69) is 48.5 Å². The van der Waals surface area contributed by atoms with E-state index < -0.39 is 0 Å². The van der Waals surface area contributed by atoms with Crippen LogP contribution in [0, 0.1) is 64.1 Å². The van der Waals surface area contributed by atoms with Crippen molar-refractivity contribution in [2.75, 3.05) is 0 Å². The molecule has 0 spiro atoms. The van der Waals surface area contributed by atoms with Gasteiger partial charge in [0.2, 0.25) is 0 Å². The SMILES string of the molecule is CCCCC(C)C1CCC2C3C(C)CC4CC(C)CCC4(C)C3CC(C)C12C. The quantitative estimate of drug-likeness (QED) is 0.453. The predicted octanol–water partition coefficient (Wildman–Crippen LogP) is 8.60. The van der Waals surface area contributed by atoms with Crippen LogP contribution in [-0.4, -0.2) is 0 Å². The molecule has 0 aromatic carbocycles. The Morgan fingerprint density at radius 2 is 1.68 bits per heavy atom. The van der Waals surface area contributed by atoms with Crippen LogP contribution in [0.3, 0.4) is 0 Å². The molecule has 0 aromatic heterocycles. The lowest BCUT2D eigenvalue weighted by Crippen LogP contribution is -2.58. The van der Waals surface area contributed by atoms with Crippen LogP contribution in [0.4, 0.5) is 0 Å². The van der Waals surface area contributed by atoms with Crippen LogP contribution in [0.1, 0.15) is 113 Å². The van der Waals surface area contributed by atoms with Crippen molar-refractivity contribution in [1.82, 2.24) is 0 Å². The van der Waals surface area contributed by atoms with Crippen LogP contribution in [0.25, 0.3) is 0 Å². The molecule has 0 radical (unpaired) electrons. The summed E-state index contributed by atoms with van der Waals surface area (Å²) in [6.45, 7) is 18.4. The molecule has 0 heteroatoms. The van der Waals surface area contributed by atoms with Gasteiger partial charge in [-0.2, -0.15) is 0 Å². The Labute approximate surface area is 177 Å². The van der Waals surface area contributed by atoms with E-state index in [1.165, 1.54) is 44.9 Å². The summed E-state index contributed by atoms with van der Waals surface area (Å²) in [6.07, 6.45) is 15.0. The normalized spacial score (nSPS) is 54.5. The van der Waals surface area contributed by atoms with Gasteiger partial charge in [0.1, 0.15) is 0 Å². The van der Waals surface area contributed by atoms with E-state index in [1.54, 1.807) is 19.3 Å². The molecule has 4 rings (SSSR count). The summed E-state index contributed by atoms with van der Waals surface area (Å²) >= 11 is 0. The fraction of sp³-hybridized carbons (Fsp3) is 1.00. The van der Waals surface area contributed by atoms with Gasteiger partial charge in [-0.1, -0.05) is 74.1 Å². The highest BCUT2D eigenvalue weighted by molar-refractivity contribution is 5.12. The van der Waals surface area contributed by atoms with E-state index in [0.717, 1.165) is 53.3 Å². The number of fused-ring (bicyclic) bond motifs is 5. The van der Waals surface area contributed by atoms with E-state index in [-0.39, 0.29) is 0 Å². The van der Waals surface area contributed by atoms with Crippen LogP contribution in [0.15, 0.2) is 0 Å². The zero-order chi connectivity index (χ0) is 20.3. The van der Waals surface area contributed by atoms with Crippen molar-refractivity contribution in [3.05, 3.63) is 0 Å². The molecule has 4 aliphatic rings. The fourth-order valence-electron chi connectivity index (χ4n) is 9.89. The van der Waals surface area contributed by atoms with Gasteiger partial charge >= 0.3 is 0 Å². The lowest BCUT2D eigenvalue weighted by Gasteiger charge is -2.65. The van der Waals surface area contributed by atoms with Gasteiger partial charge in [-0.25, -0.2) is 0 Å². The highest BCUT2D eigenvalue weighted by Crippen LogP contribution is 2.71. The van der Waals surface area contributed by atoms with Gasteiger partial charge in [0.05, 0.1) is 0 Å². The first-order valence-corrected chi connectivity index (χ1v) is 13.2. The maximum atomic E-state index is 2.77. The highest BCUT2D eigenvalue weighted by atomic mass is 14.7. The van der Waals surface area contributed by atoms with Crippen molar-refractivity contribution >= 4 is 0 Å². The molecule has 0 heterocycles. The molecule has 0 saturated heterocycles. The van der Waals surface area contributed by atoms with Gasteiger partial charge in [-0.05, 0) is 103 Å². The molecule has 4 saturated carbocycles. The number of hydrogen-bond acceptors (Lipinski definition) is 0. The molecule has 0 aliphatic heterocycles. The lowest BCUT2D eigenvalue weighted by molar-refractivity contribution is -0.162. The molecule has 11 unspecified atom stereocenters. The second-order valence-corrected chi connectivity index (χ2v) is 12.9. The molecule has 4 aliphatic carbocycles. The molecule has 162 valence electrons. The van der Waals surface area contributed by atoms with Crippen molar-refractivity contribution in [1.29, 1.82) is 0 Å². The third kappa shape index (κ3) is 3.05. The Morgan fingerprint density at radius 1 is 0.929 bits per heavy atom. The van der Waals surface area contributed by atoms with Crippen molar-refractivity contribution in [3.8, 4) is 0 Å². The van der Waals surface area contributed by atoms with Gasteiger partial charge in [0, 0.05) is 0 Å². The zero-order valence-corrected chi connectivity index (χ0v) is 20.3. The second-order valence-electron chi connectivity index (χ2n) is 12.9. The first-order valence-electron chi connectivity index (χ1n) is 13.2. The molecule has 4 fully saturated rings. The van der Waals surface area contributed by atoms with Gasteiger partial charge < -0.3 is 0 Å². The zero-order valence-electron chi connectivity index (χ0n) is 20.3. The van der Waals surface area contributed by atoms with E-state index in [1.807, 2.05) is 0 Å². The largest absolute Gasteiger partial charge is 0.0654 e. The Hall–Kier alpha value is 0. The van der Waals surface area contributed by atoms with Crippen LogP contribution < -0.4 is 0 Å². The molecular formula is C28H50. The smallest absolute Gasteiger partial charge is 0.0238 e. The van der Waals surface area contributed by atoms with Crippen LogP contribution >= 0.6 is 0 Å². The van der Waals surface area contributed by atoms with Crippen LogP contribution in [0.2, 0.25) is 0 Å². The van der Waals surface area contributed by atoms with E-state index in [0.29, 0.717) is 10.8 Å². The molecule has 0 aromatic rings. The number of unbranched alkanes of at least 4 members (excludes halogenated alkanes) is 1. The van der Waals surface area contributed by atoms with Crippen molar-refractivity contribution in [3.63, 3.8) is 0 Å². The monoisotopic (exact) mass is 386 g/mol. The molecule has 0 N–H and O–H groups in total. The van der Waals surface area contributed by atoms with Crippen LogP contribution in [0.5, 0.6) is 0 Å². The molecule has 0 bridgehead atoms. The Bertz CT molecular complexity index is 550. The molecule has 28 heavy (non-hydrogen) atoms. The van der Waals surface area contributed by atoms with Crippen molar-refractivity contribution in [2.45, 2.75) is 113 Å². The topological polar surface area (TPSA) is 0 Å². The summed E-state index contributed by atoms with van der Waals surface area (Å²) in [6, 6.07) is 0. The summed E-state index contributed by atoms with van der Waals surface area (Å²) in [5, 5.41) is 0. The second kappa shape index (κ2) is 7.60. The highest BCUT2D eigenvalue weighted by Gasteiger charge is 2.64. The Balaban J connectivity index is 1.62. The molecule has 0 nitrogen and oxygen atoms in total. The third-order valence-electron chi connectivity index (χ3n) is 11.6. The number of rotatable bonds is 4. The summed E-state index contributed by atoms with van der Waals surface area (Å²) in [5.41, 5.74) is 1.28. The maximum Gasteiger partial charge on any atom is -0.0238 e. The fourth-order valence-corrected chi connectivity index (χ4v) is 9.89. The first kappa shape index (κ1) is 21.2. The Morgan fingerprint density at radius 3 is 2.39 bits per heavy atom. The van der Waals surface area contributed by atoms with Crippen LogP contribution in [-0.2, 0) is 0 Å². The molecular weight excluding hydrogens is 336 g/mol. The van der Waals surface area contributed by atoms with Crippen molar-refractivity contribution < 1.29 is 0 Å². The average molecular weight is 387 g/mol. The van der Waals surface area contributed by atoms with E-state index >= 15 is 0 Å². The third-order valence-corrected chi connectivity index (χ3v) is 11.6. The summed E-state index contributed by atoms with van der Waals surface area (Å²) in [5.74, 6) is 8.88. The van der Waals surface area contributed by atoms with Gasteiger partial charge in [-0.3, -0.25) is 0 Å². The minimum atomic E-state index is 0.619. The number of hydrogen-bond donors (Lipinski definition) is 0. The van der Waals surface area contributed by atoms with Gasteiger partial charge in [0.15, 0.2) is 0 Å². The van der Waals surface area contributed by atoms with Gasteiger partial charge in [0.25, 0.3) is 0 Å². The summed E-state index contributed by atoms with van der Waals surface area (Å²) < 4.78 is 0. The molecule has 0 amide bonds. The van der Waals surface area contributed by atoms with E-state index in [9.17, 15) is 0 Å². The lowest BCUT2D eigenvalue weighted by atomic mass is 9.40.